The number of fused-ring (bicyclic) bond motifs is 6. The van der Waals surface area contributed by atoms with Crippen LogP contribution in [0.25, 0.3) is 16.4 Å². The molecule has 0 saturated heterocycles. The summed E-state index contributed by atoms with van der Waals surface area (Å²) >= 11 is 5.42. The minimum atomic E-state index is -0.0952. The van der Waals surface area contributed by atoms with Gasteiger partial charge in [-0.15, -0.1) is 5.10 Å². The third kappa shape index (κ3) is 2.34. The summed E-state index contributed by atoms with van der Waals surface area (Å²) in [5.41, 5.74) is 4.91. The van der Waals surface area contributed by atoms with Crippen molar-refractivity contribution in [1.29, 1.82) is 0 Å². The third-order valence-corrected chi connectivity index (χ3v) is 5.75. The van der Waals surface area contributed by atoms with Crippen molar-refractivity contribution >= 4 is 28.6 Å². The monoisotopic (exact) mass is 397 g/mol. The van der Waals surface area contributed by atoms with Crippen LogP contribution in [0.5, 0.6) is 11.6 Å². The van der Waals surface area contributed by atoms with Crippen LogP contribution < -0.4 is 4.74 Å². The van der Waals surface area contributed by atoms with Crippen LogP contribution in [0, 0.1) is 11.7 Å². The number of ether oxygens (including phenoxy) is 1. The number of H-pyrrole nitrogens is 1. The van der Waals surface area contributed by atoms with Gasteiger partial charge in [-0.3, -0.25) is 0 Å². The molecule has 6 nitrogen and oxygen atoms in total. The molecule has 0 fully saturated rings. The van der Waals surface area contributed by atoms with Crippen molar-refractivity contribution in [2.75, 3.05) is 0 Å². The Hall–Kier alpha value is -3.58. The number of tetrazole rings is 1. The molecule has 0 aliphatic carbocycles. The number of hydrogen-bond acceptors (Lipinski definition) is 5. The molecule has 0 saturated carbocycles. The summed E-state index contributed by atoms with van der Waals surface area (Å²) in [6.45, 7) is 2.08. The first-order chi connectivity index (χ1) is 14.2. The highest BCUT2D eigenvalue weighted by molar-refractivity contribution is 7.71. The molecule has 1 atom stereocenters. The van der Waals surface area contributed by atoms with Crippen molar-refractivity contribution in [2.45, 2.75) is 12.8 Å². The van der Waals surface area contributed by atoms with Gasteiger partial charge in [0, 0.05) is 16.9 Å². The zero-order valence-electron chi connectivity index (χ0n) is 15.5. The van der Waals surface area contributed by atoms with Crippen LogP contribution in [0.15, 0.2) is 60.7 Å². The smallest absolute Gasteiger partial charge is 0.230 e. The number of hydrogen-bond donors (Lipinski definition) is 1. The van der Waals surface area contributed by atoms with Crippen molar-refractivity contribution in [2.24, 2.45) is 0 Å². The first kappa shape index (κ1) is 16.4. The summed E-state index contributed by atoms with van der Waals surface area (Å²) in [4.78, 5) is 4.56. The van der Waals surface area contributed by atoms with E-state index >= 15 is 0 Å². The second-order valence-corrected chi connectivity index (χ2v) is 7.59. The van der Waals surface area contributed by atoms with Crippen molar-refractivity contribution in [3.05, 3.63) is 87.7 Å². The van der Waals surface area contributed by atoms with Crippen LogP contribution in [0.2, 0.25) is 0 Å². The van der Waals surface area contributed by atoms with Gasteiger partial charge in [0.25, 0.3) is 0 Å². The van der Waals surface area contributed by atoms with Gasteiger partial charge in [-0.25, -0.2) is 0 Å². The fourth-order valence-corrected chi connectivity index (χ4v) is 4.31. The van der Waals surface area contributed by atoms with E-state index in [9.17, 15) is 0 Å². The first-order valence-electron chi connectivity index (χ1n) is 9.30. The highest BCUT2D eigenvalue weighted by atomic mass is 32.1. The molecule has 140 valence electrons. The Morgan fingerprint density at radius 1 is 1.03 bits per heavy atom. The average molecular weight is 397 g/mol. The molecule has 6 rings (SSSR count). The van der Waals surface area contributed by atoms with E-state index in [2.05, 4.69) is 76.0 Å². The van der Waals surface area contributed by atoms with Gasteiger partial charge >= 0.3 is 0 Å². The zero-order valence-corrected chi connectivity index (χ0v) is 16.3. The number of nitrogens with zero attached hydrogens (tertiary/aromatic N) is 4. The van der Waals surface area contributed by atoms with Gasteiger partial charge < -0.3 is 4.74 Å². The average Bonchev–Trinajstić information content (AvgIpc) is 3.24. The fraction of sp³-hybridized carbons (Fsp3) is 0.0909. The Kier molecular flexibility index (Phi) is 3.36. The van der Waals surface area contributed by atoms with E-state index in [1.165, 1.54) is 5.56 Å². The van der Waals surface area contributed by atoms with Gasteiger partial charge in [-0.1, -0.05) is 71.4 Å². The van der Waals surface area contributed by atoms with Crippen LogP contribution in [0.4, 0.5) is 0 Å². The van der Waals surface area contributed by atoms with Crippen LogP contribution in [-0.2, 0) is 0 Å². The highest BCUT2D eigenvalue weighted by Crippen LogP contribution is 2.50. The number of benzene rings is 3. The molecular weight excluding hydrogens is 382 g/mol. The molecule has 3 heterocycles. The summed E-state index contributed by atoms with van der Waals surface area (Å²) in [7, 11) is 0. The molecule has 29 heavy (non-hydrogen) atoms. The van der Waals surface area contributed by atoms with Crippen LogP contribution in [-0.4, -0.2) is 25.0 Å². The standard InChI is InChI=1S/C22H15N5OS/c1-12-6-8-14(9-7-12)17-16-11-10-13-4-2-3-5-15(13)19(16)28-21-18(17)20-24-25-26-27(20)22(29)23-21/h2-11,17H,1H3,(H,24,26). The summed E-state index contributed by atoms with van der Waals surface area (Å²) in [6, 6.07) is 21.0. The molecule has 2 aromatic heterocycles. The third-order valence-electron chi connectivity index (χ3n) is 5.48. The van der Waals surface area contributed by atoms with E-state index in [0.29, 0.717) is 16.3 Å². The summed E-state index contributed by atoms with van der Waals surface area (Å²) in [6.07, 6.45) is 0. The Labute approximate surface area is 170 Å². The second kappa shape index (κ2) is 5.96. The minimum absolute atomic E-state index is 0.0952. The number of nitrogens with one attached hydrogen (secondary N) is 1. The lowest BCUT2D eigenvalue weighted by molar-refractivity contribution is 0.436. The van der Waals surface area contributed by atoms with Gasteiger partial charge in [0.15, 0.2) is 5.65 Å². The van der Waals surface area contributed by atoms with E-state index in [0.717, 1.165) is 33.2 Å². The Balaban J connectivity index is 1.74. The van der Waals surface area contributed by atoms with Gasteiger partial charge in [-0.05, 0) is 30.1 Å². The molecule has 0 bridgehead atoms. The number of aromatic amines is 1. The van der Waals surface area contributed by atoms with Crippen LogP contribution in [0.3, 0.4) is 0 Å². The lowest BCUT2D eigenvalue weighted by atomic mass is 9.82. The molecule has 3 aromatic carbocycles. The molecule has 5 aromatic rings. The van der Waals surface area contributed by atoms with Gasteiger partial charge in [0.05, 0.1) is 5.56 Å². The maximum Gasteiger partial charge on any atom is 0.230 e. The fourth-order valence-electron chi connectivity index (χ4n) is 4.10. The molecule has 1 N–H and O–H groups in total. The lowest BCUT2D eigenvalue weighted by Gasteiger charge is -2.28. The Bertz CT molecular complexity index is 1470. The van der Waals surface area contributed by atoms with E-state index in [-0.39, 0.29) is 5.92 Å². The van der Waals surface area contributed by atoms with E-state index in [4.69, 9.17) is 17.0 Å². The van der Waals surface area contributed by atoms with E-state index in [1.54, 1.807) is 4.52 Å². The maximum absolute atomic E-state index is 6.35. The second-order valence-electron chi connectivity index (χ2n) is 7.22. The Morgan fingerprint density at radius 2 is 1.86 bits per heavy atom. The zero-order chi connectivity index (χ0) is 19.5. The normalized spacial score (nSPS) is 15.1. The van der Waals surface area contributed by atoms with Crippen molar-refractivity contribution in [1.82, 2.24) is 25.0 Å². The molecule has 0 amide bonds. The molecule has 0 spiro atoms. The van der Waals surface area contributed by atoms with Crippen molar-refractivity contribution < 1.29 is 4.74 Å². The largest absolute Gasteiger partial charge is 0.437 e. The predicted molar refractivity (Wildman–Crippen MR) is 112 cm³/mol. The first-order valence-corrected chi connectivity index (χ1v) is 9.71. The molecule has 1 aliphatic heterocycles. The SMILES string of the molecule is Cc1ccc(C2c3ccc4ccccc4c3Oc3nc(=S)n4[nH]nnc4c32)cc1. The molecule has 0 radical (unpaired) electrons. The minimum Gasteiger partial charge on any atom is -0.437 e. The van der Waals surface area contributed by atoms with Gasteiger partial charge in [0.1, 0.15) is 5.75 Å². The van der Waals surface area contributed by atoms with Crippen LogP contribution >= 0.6 is 12.2 Å². The van der Waals surface area contributed by atoms with Gasteiger partial charge in [0.2, 0.25) is 10.7 Å². The summed E-state index contributed by atoms with van der Waals surface area (Å²) in [5, 5.41) is 13.2. The van der Waals surface area contributed by atoms with Crippen molar-refractivity contribution in [3.63, 3.8) is 0 Å². The number of aryl methyl sites for hydroxylation is 1. The number of aromatic nitrogens is 5. The van der Waals surface area contributed by atoms with Crippen molar-refractivity contribution in [3.8, 4) is 11.6 Å². The predicted octanol–water partition coefficient (Wildman–Crippen LogP) is 4.93. The van der Waals surface area contributed by atoms with Gasteiger partial charge in [-0.2, -0.15) is 14.7 Å². The van der Waals surface area contributed by atoms with Crippen LogP contribution in [0.1, 0.15) is 28.2 Å². The maximum atomic E-state index is 6.35. The number of rotatable bonds is 1. The summed E-state index contributed by atoms with van der Waals surface area (Å²) in [5.74, 6) is 1.21. The summed E-state index contributed by atoms with van der Waals surface area (Å²) < 4.78 is 8.30. The molecular formula is C22H15N5OS. The van der Waals surface area contributed by atoms with E-state index < -0.39 is 0 Å². The Morgan fingerprint density at radius 3 is 2.72 bits per heavy atom. The quantitative estimate of drug-likeness (QED) is 0.399. The topological polar surface area (TPSA) is 68.1 Å². The molecule has 1 aliphatic rings. The lowest BCUT2D eigenvalue weighted by Crippen LogP contribution is -2.15. The molecule has 1 unspecified atom stereocenters. The molecule has 7 heteroatoms. The highest BCUT2D eigenvalue weighted by Gasteiger charge is 2.34. The van der Waals surface area contributed by atoms with E-state index in [1.807, 2.05) is 12.1 Å².